The minimum absolute atomic E-state index is 0.0511. The van der Waals surface area contributed by atoms with Crippen LogP contribution in [0.15, 0.2) is 24.3 Å². The van der Waals surface area contributed by atoms with Gasteiger partial charge in [0, 0.05) is 13.0 Å². The number of aliphatic carboxylic acids is 1. The van der Waals surface area contributed by atoms with Crippen molar-refractivity contribution >= 4 is 11.9 Å². The topological polar surface area (TPSA) is 57.6 Å². The maximum absolute atomic E-state index is 12.2. The SMILES string of the molecule is CC(C)(C)c1ccc(CCC(=O)N2CCC[C@@H]2C(=O)O)cc1. The van der Waals surface area contributed by atoms with Gasteiger partial charge in [0.2, 0.25) is 5.91 Å². The molecular formula is C18H25NO3. The van der Waals surface area contributed by atoms with E-state index in [1.165, 1.54) is 10.5 Å². The van der Waals surface area contributed by atoms with Crippen molar-refractivity contribution in [3.63, 3.8) is 0 Å². The summed E-state index contributed by atoms with van der Waals surface area (Å²) in [4.78, 5) is 24.9. The molecule has 22 heavy (non-hydrogen) atoms. The number of benzene rings is 1. The zero-order valence-corrected chi connectivity index (χ0v) is 13.6. The number of amides is 1. The first-order chi connectivity index (χ1) is 10.3. The molecule has 120 valence electrons. The summed E-state index contributed by atoms with van der Waals surface area (Å²) in [5.41, 5.74) is 2.51. The third kappa shape index (κ3) is 3.87. The van der Waals surface area contributed by atoms with E-state index >= 15 is 0 Å². The number of likely N-dealkylation sites (tertiary alicyclic amines) is 1. The number of rotatable bonds is 4. The highest BCUT2D eigenvalue weighted by Gasteiger charge is 2.33. The van der Waals surface area contributed by atoms with Crippen molar-refractivity contribution in [2.45, 2.75) is 57.9 Å². The van der Waals surface area contributed by atoms with Gasteiger partial charge in [-0.15, -0.1) is 0 Å². The molecule has 0 bridgehead atoms. The maximum atomic E-state index is 12.2. The van der Waals surface area contributed by atoms with Gasteiger partial charge in [-0.3, -0.25) is 4.79 Å². The Hall–Kier alpha value is -1.84. The molecule has 0 saturated carbocycles. The predicted octanol–water partition coefficient (Wildman–Crippen LogP) is 2.99. The van der Waals surface area contributed by atoms with Crippen LogP contribution in [0.5, 0.6) is 0 Å². The van der Waals surface area contributed by atoms with E-state index in [2.05, 4.69) is 45.0 Å². The van der Waals surface area contributed by atoms with Crippen LogP contribution in [0, 0.1) is 0 Å². The van der Waals surface area contributed by atoms with E-state index < -0.39 is 12.0 Å². The first-order valence-corrected chi connectivity index (χ1v) is 7.91. The molecule has 1 aliphatic heterocycles. The smallest absolute Gasteiger partial charge is 0.326 e. The first-order valence-electron chi connectivity index (χ1n) is 7.91. The molecule has 1 aliphatic rings. The lowest BCUT2D eigenvalue weighted by molar-refractivity contribution is -0.148. The molecule has 4 nitrogen and oxygen atoms in total. The van der Waals surface area contributed by atoms with Gasteiger partial charge in [-0.2, -0.15) is 0 Å². The molecule has 1 N–H and O–H groups in total. The second kappa shape index (κ2) is 6.51. The Morgan fingerprint density at radius 2 is 1.86 bits per heavy atom. The molecule has 2 rings (SSSR count). The Kier molecular flexibility index (Phi) is 4.89. The fourth-order valence-corrected chi connectivity index (χ4v) is 2.89. The molecule has 1 aromatic rings. The third-order valence-electron chi connectivity index (χ3n) is 4.31. The molecule has 1 atom stereocenters. The van der Waals surface area contributed by atoms with Gasteiger partial charge in [-0.1, -0.05) is 45.0 Å². The zero-order valence-electron chi connectivity index (χ0n) is 13.6. The maximum Gasteiger partial charge on any atom is 0.326 e. The van der Waals surface area contributed by atoms with Crippen LogP contribution in [0.4, 0.5) is 0 Å². The number of carboxylic acids is 1. The Morgan fingerprint density at radius 1 is 1.23 bits per heavy atom. The molecule has 4 heteroatoms. The van der Waals surface area contributed by atoms with Gasteiger partial charge in [-0.25, -0.2) is 4.79 Å². The summed E-state index contributed by atoms with van der Waals surface area (Å²) >= 11 is 0. The van der Waals surface area contributed by atoms with E-state index in [1.807, 2.05) is 0 Å². The molecule has 1 heterocycles. The number of hydrogen-bond donors (Lipinski definition) is 1. The second-order valence-electron chi connectivity index (χ2n) is 7.03. The number of carboxylic acid groups (broad SMARTS) is 1. The summed E-state index contributed by atoms with van der Waals surface area (Å²) in [5, 5.41) is 9.13. The molecule has 1 saturated heterocycles. The average Bonchev–Trinajstić information content (AvgIpc) is 2.94. The number of nitrogens with zero attached hydrogens (tertiary/aromatic N) is 1. The normalized spacial score (nSPS) is 18.5. The summed E-state index contributed by atoms with van der Waals surface area (Å²) in [6.07, 6.45) is 2.38. The molecule has 1 fully saturated rings. The molecular weight excluding hydrogens is 278 g/mol. The Balaban J connectivity index is 1.92. The van der Waals surface area contributed by atoms with Gasteiger partial charge in [0.05, 0.1) is 0 Å². The molecule has 0 radical (unpaired) electrons. The van der Waals surface area contributed by atoms with Gasteiger partial charge in [0.25, 0.3) is 0 Å². The summed E-state index contributed by atoms with van der Waals surface area (Å²) in [5.74, 6) is -0.940. The fourth-order valence-electron chi connectivity index (χ4n) is 2.89. The van der Waals surface area contributed by atoms with Gasteiger partial charge in [0.15, 0.2) is 0 Å². The molecule has 1 aromatic carbocycles. The number of carbonyl (C=O) groups excluding carboxylic acids is 1. The van der Waals surface area contributed by atoms with Gasteiger partial charge < -0.3 is 10.0 Å². The quantitative estimate of drug-likeness (QED) is 0.930. The van der Waals surface area contributed by atoms with Crippen LogP contribution in [0.25, 0.3) is 0 Å². The van der Waals surface area contributed by atoms with Crippen LogP contribution in [-0.4, -0.2) is 34.5 Å². The molecule has 1 amide bonds. The van der Waals surface area contributed by atoms with E-state index in [1.54, 1.807) is 0 Å². The fraction of sp³-hybridized carbons (Fsp3) is 0.556. The lowest BCUT2D eigenvalue weighted by Crippen LogP contribution is -2.40. The minimum Gasteiger partial charge on any atom is -0.480 e. The monoisotopic (exact) mass is 303 g/mol. The van der Waals surface area contributed by atoms with E-state index in [-0.39, 0.29) is 11.3 Å². The van der Waals surface area contributed by atoms with Crippen molar-refractivity contribution in [2.75, 3.05) is 6.54 Å². The molecule has 0 aliphatic carbocycles. The number of aryl methyl sites for hydroxylation is 1. The summed E-state index contributed by atoms with van der Waals surface area (Å²) in [7, 11) is 0. The summed E-state index contributed by atoms with van der Waals surface area (Å²) in [6.45, 7) is 7.08. The number of carbonyl (C=O) groups is 2. The second-order valence-corrected chi connectivity index (χ2v) is 7.03. The van der Waals surface area contributed by atoms with Crippen LogP contribution in [0.3, 0.4) is 0 Å². The highest BCUT2D eigenvalue weighted by molar-refractivity contribution is 5.84. The third-order valence-corrected chi connectivity index (χ3v) is 4.31. The lowest BCUT2D eigenvalue weighted by Gasteiger charge is -2.21. The van der Waals surface area contributed by atoms with Gasteiger partial charge in [0.1, 0.15) is 6.04 Å². The molecule has 0 unspecified atom stereocenters. The Labute approximate surface area is 132 Å². The lowest BCUT2D eigenvalue weighted by atomic mass is 9.86. The van der Waals surface area contributed by atoms with Crippen molar-refractivity contribution in [2.24, 2.45) is 0 Å². The van der Waals surface area contributed by atoms with Crippen LogP contribution >= 0.6 is 0 Å². The zero-order chi connectivity index (χ0) is 16.3. The van der Waals surface area contributed by atoms with Crippen molar-refractivity contribution in [1.82, 2.24) is 4.90 Å². The van der Waals surface area contributed by atoms with Crippen LogP contribution in [0.2, 0.25) is 0 Å². The average molecular weight is 303 g/mol. The van der Waals surface area contributed by atoms with Crippen molar-refractivity contribution in [3.05, 3.63) is 35.4 Å². The van der Waals surface area contributed by atoms with Crippen LogP contribution in [-0.2, 0) is 21.4 Å². The Bertz CT molecular complexity index is 542. The van der Waals surface area contributed by atoms with Gasteiger partial charge >= 0.3 is 5.97 Å². The predicted molar refractivity (Wildman–Crippen MR) is 85.8 cm³/mol. The van der Waals surface area contributed by atoms with Crippen LogP contribution < -0.4 is 0 Å². The Morgan fingerprint density at radius 3 is 2.41 bits per heavy atom. The van der Waals surface area contributed by atoms with Crippen molar-refractivity contribution < 1.29 is 14.7 Å². The molecule has 0 aromatic heterocycles. The highest BCUT2D eigenvalue weighted by Crippen LogP contribution is 2.23. The summed E-state index contributed by atoms with van der Waals surface area (Å²) < 4.78 is 0. The highest BCUT2D eigenvalue weighted by atomic mass is 16.4. The van der Waals surface area contributed by atoms with E-state index in [0.717, 1.165) is 12.0 Å². The van der Waals surface area contributed by atoms with E-state index in [4.69, 9.17) is 5.11 Å². The van der Waals surface area contributed by atoms with E-state index in [0.29, 0.717) is 25.8 Å². The largest absolute Gasteiger partial charge is 0.480 e. The van der Waals surface area contributed by atoms with Crippen LogP contribution in [0.1, 0.15) is 51.2 Å². The summed E-state index contributed by atoms with van der Waals surface area (Å²) in [6, 6.07) is 7.71. The number of hydrogen-bond acceptors (Lipinski definition) is 2. The van der Waals surface area contributed by atoms with Gasteiger partial charge in [-0.05, 0) is 35.8 Å². The van der Waals surface area contributed by atoms with E-state index in [9.17, 15) is 9.59 Å². The first kappa shape index (κ1) is 16.5. The standard InChI is InChI=1S/C18H25NO3/c1-18(2,3)14-9-6-13(7-10-14)8-11-16(20)19-12-4-5-15(19)17(21)22/h6-7,9-10,15H,4-5,8,11-12H2,1-3H3,(H,21,22)/t15-/m1/s1. The minimum atomic E-state index is -0.889. The van der Waals surface area contributed by atoms with Crippen molar-refractivity contribution in [1.29, 1.82) is 0 Å². The molecule has 0 spiro atoms. The van der Waals surface area contributed by atoms with Crippen molar-refractivity contribution in [3.8, 4) is 0 Å².